The normalized spacial score (nSPS) is 19.5. The lowest BCUT2D eigenvalue weighted by Crippen LogP contribution is -2.42. The van der Waals surface area contributed by atoms with Gasteiger partial charge in [-0.1, -0.05) is 32.8 Å². The van der Waals surface area contributed by atoms with Crippen LogP contribution in [0.2, 0.25) is 0 Å². The van der Waals surface area contributed by atoms with E-state index in [0.717, 1.165) is 127 Å². The fourth-order valence-electron chi connectivity index (χ4n) is 17.3. The number of nitrogens with zero attached hydrogens (tertiary/aromatic N) is 8. The zero-order valence-corrected chi connectivity index (χ0v) is 60.3. The predicted octanol–water partition coefficient (Wildman–Crippen LogP) is 14.4. The molecule has 4 aromatic carbocycles. The van der Waals surface area contributed by atoms with Crippen molar-refractivity contribution in [3.8, 4) is 5.88 Å². The number of hydrogen-bond acceptors (Lipinski definition) is 10. The number of pyridine rings is 1. The van der Waals surface area contributed by atoms with E-state index in [1.165, 1.54) is 103 Å². The zero-order chi connectivity index (χ0) is 73.7. The predicted molar refractivity (Wildman–Crippen MR) is 395 cm³/mol. The van der Waals surface area contributed by atoms with Gasteiger partial charge in [0.15, 0.2) is 12.1 Å². The first kappa shape index (κ1) is 72.7. The molecule has 7 fully saturated rings. The highest BCUT2D eigenvalue weighted by Gasteiger charge is 2.42. The van der Waals surface area contributed by atoms with Crippen molar-refractivity contribution in [1.29, 1.82) is 0 Å². The van der Waals surface area contributed by atoms with Crippen molar-refractivity contribution in [2.24, 2.45) is 17.8 Å². The molecule has 1 aliphatic carbocycles. The van der Waals surface area contributed by atoms with Crippen molar-refractivity contribution in [3.63, 3.8) is 0 Å². The van der Waals surface area contributed by atoms with E-state index in [1.54, 1.807) is 18.2 Å². The van der Waals surface area contributed by atoms with Crippen LogP contribution >= 0.6 is 0 Å². The number of ether oxygens (including phenoxy) is 1. The van der Waals surface area contributed by atoms with Crippen molar-refractivity contribution < 1.29 is 55.5 Å². The third-order valence-electron chi connectivity index (χ3n) is 22.9. The summed E-state index contributed by atoms with van der Waals surface area (Å²) >= 11 is 0. The number of hydrogen-bond donors (Lipinski definition) is 4. The van der Waals surface area contributed by atoms with Crippen LogP contribution in [0.5, 0.6) is 5.88 Å². The number of aromatic nitrogens is 6. The minimum atomic E-state index is -0.239. The molecule has 1 saturated carbocycles. The number of amides is 6. The lowest BCUT2D eigenvalue weighted by atomic mass is 9.88. The molecule has 106 heavy (non-hydrogen) atoms. The molecule has 0 spiro atoms. The van der Waals surface area contributed by atoms with Gasteiger partial charge in [-0.15, -0.1) is 0 Å². The van der Waals surface area contributed by atoms with Gasteiger partial charge in [0.1, 0.15) is 35.2 Å². The quantitative estimate of drug-likeness (QED) is 0.0845. The standard InChI is InChI=1S/C23H28FN3O2.C22H28FN3O2.C20H20FN3O2.C17H16FN3O2/c24-17-5-6-19-20(13-25-21(19)12-17)15-7-9-26(10-8-15)23(29)16-11-22(28)27(14-16)18-3-1-2-4-18;1-14(2)12-26-13-16(9-21(26)27)22(28)25-7-5-15(6-8-25)19-11-24-20-10-17(23)3-4-18(19)20;1-26-19-4-2-3-17(23-19)20(25)24-9-7-13(8-10-24)16-12-22-18-11-14(21)5-6-15(16)18;18-12-1-2-13-14(8-19-15(13)7-12)11-3-5-21(6-4-11)17(22)16-9-23-10-20-16/h5-6,12-13,15-16,18,25H,1-4,7-11,14H2;3-4,10-11,14-16,24H,5-9,12-13H2,1-2H3;2-6,11-13,22H,7-10H2,1H3;1-2,7-11,19H,3-6H2. The fourth-order valence-corrected chi connectivity index (χ4v) is 17.3. The number of fused-ring (bicyclic) bond motifs is 4. The SMILES string of the molecule is CC(C)CN1CC(C(=O)N2CCC(c3c[nH]c4cc(F)ccc34)CC2)CC1=O.COc1cccc(C(=O)N2CCC(c3c[nH]c4cc(F)ccc34)CC2)n1.O=C(C1CC(=O)N(C2CCCC2)C1)N1CCC(c2c[nH]c3cc(F)ccc23)CC1.O=C(c1cocn1)N1CCC(c2c[nH]c3cc(F)ccc23)CC1. The number of methoxy groups -OCH3 is 1. The number of oxazole rings is 1. The Balaban J connectivity index is 0.000000119. The number of aromatic amines is 4. The van der Waals surface area contributed by atoms with Crippen molar-refractivity contribution in [1.82, 2.24) is 59.3 Å². The molecule has 12 heterocycles. The molecule has 7 aliphatic rings. The van der Waals surface area contributed by atoms with Crippen molar-refractivity contribution in [2.45, 2.75) is 133 Å². The lowest BCUT2D eigenvalue weighted by molar-refractivity contribution is -0.137. The van der Waals surface area contributed by atoms with Crippen molar-refractivity contribution in [3.05, 3.63) is 185 Å². The molecule has 6 aliphatic heterocycles. The van der Waals surface area contributed by atoms with E-state index in [0.29, 0.717) is 118 Å². The third-order valence-corrected chi connectivity index (χ3v) is 22.9. The molecule has 6 aromatic heterocycles. The second-order valence-electron chi connectivity index (χ2n) is 30.0. The molecule has 0 radical (unpaired) electrons. The summed E-state index contributed by atoms with van der Waals surface area (Å²) in [7, 11) is 1.54. The summed E-state index contributed by atoms with van der Waals surface area (Å²) in [5, 5.41) is 4.26. The molecule has 556 valence electrons. The van der Waals surface area contributed by atoms with Gasteiger partial charge in [-0.2, -0.15) is 0 Å². The van der Waals surface area contributed by atoms with Gasteiger partial charge in [-0.3, -0.25) is 28.8 Å². The van der Waals surface area contributed by atoms with E-state index >= 15 is 0 Å². The number of benzene rings is 4. The highest BCUT2D eigenvalue weighted by molar-refractivity contribution is 5.94. The van der Waals surface area contributed by atoms with Gasteiger partial charge in [0.05, 0.1) is 18.9 Å². The Bertz CT molecular complexity index is 4780. The van der Waals surface area contributed by atoms with Crippen molar-refractivity contribution >= 4 is 79.1 Å². The molecular formula is C82H92F4N12O8. The first-order valence-corrected chi connectivity index (χ1v) is 37.6. The molecule has 6 saturated heterocycles. The van der Waals surface area contributed by atoms with Crippen LogP contribution < -0.4 is 4.74 Å². The maximum atomic E-state index is 13.4. The molecule has 6 amide bonds. The van der Waals surface area contributed by atoms with E-state index in [-0.39, 0.29) is 70.5 Å². The maximum absolute atomic E-state index is 13.4. The van der Waals surface area contributed by atoms with Crippen LogP contribution in [-0.2, 0) is 19.2 Å². The summed E-state index contributed by atoms with van der Waals surface area (Å²) in [4.78, 5) is 108. The number of carbonyl (C=O) groups excluding carboxylic acids is 6. The van der Waals surface area contributed by atoms with Crippen LogP contribution in [0.25, 0.3) is 43.6 Å². The van der Waals surface area contributed by atoms with Crippen LogP contribution in [0.3, 0.4) is 0 Å². The van der Waals surface area contributed by atoms with Crippen LogP contribution in [-0.4, -0.2) is 180 Å². The summed E-state index contributed by atoms with van der Waals surface area (Å²) in [6.07, 6.45) is 23.0. The number of likely N-dealkylation sites (tertiary alicyclic amines) is 6. The molecule has 2 unspecified atom stereocenters. The number of halogens is 4. The molecule has 20 nitrogen and oxygen atoms in total. The van der Waals surface area contributed by atoms with Gasteiger partial charge >= 0.3 is 0 Å². The Hall–Kier alpha value is -10.3. The first-order chi connectivity index (χ1) is 51.4. The van der Waals surface area contributed by atoms with E-state index < -0.39 is 0 Å². The number of piperidine rings is 4. The number of rotatable bonds is 12. The van der Waals surface area contributed by atoms with Gasteiger partial charge in [0.2, 0.25) is 29.5 Å². The molecule has 17 rings (SSSR count). The third kappa shape index (κ3) is 16.1. The molecule has 2 atom stereocenters. The van der Waals surface area contributed by atoms with Gasteiger partial charge in [-0.25, -0.2) is 27.5 Å². The van der Waals surface area contributed by atoms with E-state index in [4.69, 9.17) is 9.15 Å². The van der Waals surface area contributed by atoms with E-state index in [1.807, 2.05) is 78.5 Å². The van der Waals surface area contributed by atoms with Crippen molar-refractivity contribution in [2.75, 3.05) is 79.1 Å². The number of nitrogens with one attached hydrogen (secondary N) is 4. The smallest absolute Gasteiger partial charge is 0.275 e. The van der Waals surface area contributed by atoms with Crippen LogP contribution in [0, 0.1) is 41.0 Å². The fraction of sp³-hybridized carbons (Fsp3) is 0.439. The van der Waals surface area contributed by atoms with Crippen LogP contribution in [0.4, 0.5) is 17.6 Å². The number of H-pyrrole nitrogens is 4. The van der Waals surface area contributed by atoms with Gasteiger partial charge < -0.3 is 58.5 Å². The van der Waals surface area contributed by atoms with Gasteiger partial charge in [0, 0.05) is 165 Å². The Kier molecular flexibility index (Phi) is 22.1. The van der Waals surface area contributed by atoms with Gasteiger partial charge in [-0.05, 0) is 195 Å². The summed E-state index contributed by atoms with van der Waals surface area (Å²) in [5.74, 6) is 1.41. The Labute approximate surface area is 612 Å². The highest BCUT2D eigenvalue weighted by Crippen LogP contribution is 2.40. The van der Waals surface area contributed by atoms with Gasteiger partial charge in [0.25, 0.3) is 11.8 Å². The Morgan fingerprint density at radius 2 is 0.887 bits per heavy atom. The van der Waals surface area contributed by atoms with Crippen LogP contribution in [0.15, 0.2) is 133 Å². The molecule has 24 heteroatoms. The monoisotopic (exact) mass is 1450 g/mol. The first-order valence-electron chi connectivity index (χ1n) is 37.6. The molecule has 0 bridgehead atoms. The number of carbonyl (C=O) groups is 6. The largest absolute Gasteiger partial charge is 0.481 e. The molecule has 4 N–H and O–H groups in total. The van der Waals surface area contributed by atoms with Crippen LogP contribution in [0.1, 0.15) is 171 Å². The highest BCUT2D eigenvalue weighted by atomic mass is 19.1. The Morgan fingerprint density at radius 1 is 0.500 bits per heavy atom. The topological polar surface area (TPSA) is 233 Å². The maximum Gasteiger partial charge on any atom is 0.275 e. The summed E-state index contributed by atoms with van der Waals surface area (Å²) in [5.41, 5.74) is 8.88. The molecule has 10 aromatic rings. The van der Waals surface area contributed by atoms with E-state index in [2.05, 4.69) is 43.8 Å². The second kappa shape index (κ2) is 32.2. The minimum Gasteiger partial charge on any atom is -0.481 e. The lowest BCUT2D eigenvalue weighted by Gasteiger charge is -2.33. The summed E-state index contributed by atoms with van der Waals surface area (Å²) in [6.45, 7) is 11.7. The average Bonchev–Trinajstić information content (AvgIpc) is 1.65. The zero-order valence-electron chi connectivity index (χ0n) is 60.3. The molecular weight excluding hydrogens is 1360 g/mol. The average molecular weight is 1450 g/mol. The summed E-state index contributed by atoms with van der Waals surface area (Å²) in [6, 6.07) is 25.0. The Morgan fingerprint density at radius 3 is 1.27 bits per heavy atom. The second-order valence-corrected chi connectivity index (χ2v) is 30.0. The minimum absolute atomic E-state index is 0.0663. The van der Waals surface area contributed by atoms with E-state index in [9.17, 15) is 46.3 Å². The summed E-state index contributed by atoms with van der Waals surface area (Å²) < 4.78 is 63.5.